The fourth-order valence-electron chi connectivity index (χ4n) is 2.08. The van der Waals surface area contributed by atoms with Crippen molar-refractivity contribution in [3.05, 3.63) is 16.1 Å². The number of aromatic nitrogens is 1. The molecule has 1 fully saturated rings. The van der Waals surface area contributed by atoms with E-state index in [1.165, 1.54) is 37.8 Å². The molecule has 0 saturated heterocycles. The fraction of sp³-hybridized carbons (Fsp3) is 0.727. The smallest absolute Gasteiger partial charge is 0.121 e. The summed E-state index contributed by atoms with van der Waals surface area (Å²) in [6.07, 6.45) is 6.21. The topological polar surface area (TPSA) is 33.1 Å². The molecule has 0 amide bonds. The summed E-state index contributed by atoms with van der Waals surface area (Å²) < 4.78 is 0. The second-order valence-electron chi connectivity index (χ2n) is 4.12. The van der Waals surface area contributed by atoms with Gasteiger partial charge >= 0.3 is 0 Å². The molecule has 0 bridgehead atoms. The van der Waals surface area contributed by atoms with Gasteiger partial charge in [0.25, 0.3) is 0 Å². The van der Waals surface area contributed by atoms with E-state index in [2.05, 4.69) is 10.4 Å². The third-order valence-electron chi connectivity index (χ3n) is 2.92. The van der Waals surface area contributed by atoms with Crippen molar-refractivity contribution in [3.63, 3.8) is 0 Å². The largest absolute Gasteiger partial charge is 0.386 e. The first-order valence-corrected chi connectivity index (χ1v) is 6.28. The molecule has 1 atom stereocenters. The Morgan fingerprint density at radius 2 is 2.14 bits per heavy atom. The van der Waals surface area contributed by atoms with Crippen LogP contribution in [0.5, 0.6) is 0 Å². The quantitative estimate of drug-likeness (QED) is 0.814. The molecule has 3 heteroatoms. The van der Waals surface area contributed by atoms with Gasteiger partial charge in [0.05, 0.1) is 5.69 Å². The third kappa shape index (κ3) is 2.15. The highest BCUT2D eigenvalue weighted by Gasteiger charge is 2.18. The lowest BCUT2D eigenvalue weighted by atomic mass is 9.87. The van der Waals surface area contributed by atoms with Crippen LogP contribution in [-0.2, 0) is 0 Å². The maximum absolute atomic E-state index is 9.38. The summed E-state index contributed by atoms with van der Waals surface area (Å²) in [5, 5.41) is 12.4. The molecule has 0 aromatic carbocycles. The zero-order chi connectivity index (χ0) is 9.97. The zero-order valence-electron chi connectivity index (χ0n) is 8.57. The number of aliphatic hydroxyl groups is 1. The van der Waals surface area contributed by atoms with Crippen molar-refractivity contribution in [3.8, 4) is 0 Å². The van der Waals surface area contributed by atoms with Crippen molar-refractivity contribution in [1.82, 2.24) is 4.98 Å². The van der Waals surface area contributed by atoms with Gasteiger partial charge in [-0.3, -0.25) is 0 Å². The van der Waals surface area contributed by atoms with Crippen LogP contribution in [0, 0.1) is 0 Å². The van der Waals surface area contributed by atoms with Gasteiger partial charge < -0.3 is 5.11 Å². The number of nitrogens with zero attached hydrogens (tertiary/aromatic N) is 1. The highest BCUT2D eigenvalue weighted by molar-refractivity contribution is 7.09. The van der Waals surface area contributed by atoms with Gasteiger partial charge in [0.2, 0.25) is 0 Å². The predicted octanol–water partition coefficient (Wildman–Crippen LogP) is 3.24. The van der Waals surface area contributed by atoms with E-state index in [0.29, 0.717) is 5.92 Å². The highest BCUT2D eigenvalue weighted by atomic mass is 32.1. The molecule has 1 aliphatic rings. The Bertz CT molecular complexity index is 289. The lowest BCUT2D eigenvalue weighted by molar-refractivity contribution is 0.198. The summed E-state index contributed by atoms with van der Waals surface area (Å²) >= 11 is 1.59. The minimum Gasteiger partial charge on any atom is -0.386 e. The van der Waals surface area contributed by atoms with Gasteiger partial charge in [-0.25, -0.2) is 4.98 Å². The minimum atomic E-state index is -0.405. The lowest BCUT2D eigenvalue weighted by Gasteiger charge is -2.19. The van der Waals surface area contributed by atoms with Crippen LogP contribution in [0.25, 0.3) is 0 Å². The molecule has 14 heavy (non-hydrogen) atoms. The lowest BCUT2D eigenvalue weighted by Crippen LogP contribution is -2.05. The molecular formula is C11H17NOS. The van der Waals surface area contributed by atoms with Crippen LogP contribution in [0.15, 0.2) is 5.38 Å². The van der Waals surface area contributed by atoms with Crippen molar-refractivity contribution >= 4 is 11.3 Å². The van der Waals surface area contributed by atoms with E-state index in [1.54, 1.807) is 18.3 Å². The fourth-order valence-corrected chi connectivity index (χ4v) is 2.92. The average Bonchev–Trinajstić information content (AvgIpc) is 2.68. The van der Waals surface area contributed by atoms with Crippen molar-refractivity contribution in [2.24, 2.45) is 0 Å². The summed E-state index contributed by atoms with van der Waals surface area (Å²) in [5.41, 5.74) is 1.21. The van der Waals surface area contributed by atoms with Gasteiger partial charge in [0.1, 0.15) is 11.1 Å². The van der Waals surface area contributed by atoms with Gasteiger partial charge in [-0.05, 0) is 19.8 Å². The summed E-state index contributed by atoms with van der Waals surface area (Å²) in [5.74, 6) is 0.660. The van der Waals surface area contributed by atoms with Gasteiger partial charge in [-0.1, -0.05) is 19.3 Å². The molecule has 2 nitrogen and oxygen atoms in total. The first-order chi connectivity index (χ1) is 6.77. The van der Waals surface area contributed by atoms with E-state index < -0.39 is 6.10 Å². The van der Waals surface area contributed by atoms with Crippen molar-refractivity contribution in [2.45, 2.75) is 51.0 Å². The van der Waals surface area contributed by atoms with Crippen LogP contribution in [0.3, 0.4) is 0 Å². The van der Waals surface area contributed by atoms with E-state index in [9.17, 15) is 5.11 Å². The Hall–Kier alpha value is -0.410. The Morgan fingerprint density at radius 3 is 2.71 bits per heavy atom. The van der Waals surface area contributed by atoms with Crippen LogP contribution in [-0.4, -0.2) is 10.1 Å². The standard InChI is InChI=1S/C11H17NOS/c1-8(13)11-12-10(7-14-11)9-5-3-2-4-6-9/h7-9,13H,2-6H2,1H3. The molecule has 1 aliphatic carbocycles. The molecule has 1 aromatic rings. The summed E-state index contributed by atoms with van der Waals surface area (Å²) in [6, 6.07) is 0. The maximum atomic E-state index is 9.38. The van der Waals surface area contributed by atoms with E-state index in [4.69, 9.17) is 0 Å². The maximum Gasteiger partial charge on any atom is 0.121 e. The average molecular weight is 211 g/mol. The number of hydrogen-bond donors (Lipinski definition) is 1. The molecular weight excluding hydrogens is 194 g/mol. The number of aliphatic hydroxyl groups excluding tert-OH is 1. The Kier molecular flexibility index (Phi) is 3.19. The molecule has 0 radical (unpaired) electrons. The summed E-state index contributed by atoms with van der Waals surface area (Å²) in [4.78, 5) is 4.50. The van der Waals surface area contributed by atoms with Gasteiger partial charge in [-0.2, -0.15) is 0 Å². The number of rotatable bonds is 2. The molecule has 78 valence electrons. The normalized spacial score (nSPS) is 21.0. The summed E-state index contributed by atoms with van der Waals surface area (Å²) in [6.45, 7) is 1.78. The predicted molar refractivity (Wildman–Crippen MR) is 58.6 cm³/mol. The molecule has 2 rings (SSSR count). The number of thiazole rings is 1. The Morgan fingerprint density at radius 1 is 1.43 bits per heavy atom. The van der Waals surface area contributed by atoms with Crippen LogP contribution >= 0.6 is 11.3 Å². The highest BCUT2D eigenvalue weighted by Crippen LogP contribution is 2.33. The van der Waals surface area contributed by atoms with Crippen LogP contribution in [0.4, 0.5) is 0 Å². The van der Waals surface area contributed by atoms with Gasteiger partial charge in [0, 0.05) is 11.3 Å². The molecule has 1 aromatic heterocycles. The SMILES string of the molecule is CC(O)c1nc(C2CCCCC2)cs1. The molecule has 1 unspecified atom stereocenters. The molecule has 1 heterocycles. The van der Waals surface area contributed by atoms with E-state index >= 15 is 0 Å². The zero-order valence-corrected chi connectivity index (χ0v) is 9.39. The summed E-state index contributed by atoms with van der Waals surface area (Å²) in [7, 11) is 0. The van der Waals surface area contributed by atoms with Gasteiger partial charge in [-0.15, -0.1) is 11.3 Å². The van der Waals surface area contributed by atoms with Crippen molar-refractivity contribution in [1.29, 1.82) is 0 Å². The first kappa shape index (κ1) is 10.1. The van der Waals surface area contributed by atoms with Gasteiger partial charge in [0.15, 0.2) is 0 Å². The molecule has 0 aliphatic heterocycles. The van der Waals surface area contributed by atoms with Crippen LogP contribution < -0.4 is 0 Å². The first-order valence-electron chi connectivity index (χ1n) is 5.41. The Balaban J connectivity index is 2.07. The monoisotopic (exact) mass is 211 g/mol. The second-order valence-corrected chi connectivity index (χ2v) is 5.01. The van der Waals surface area contributed by atoms with Crippen molar-refractivity contribution < 1.29 is 5.11 Å². The van der Waals surface area contributed by atoms with Crippen LogP contribution in [0.1, 0.15) is 61.8 Å². The number of hydrogen-bond acceptors (Lipinski definition) is 3. The minimum absolute atomic E-state index is 0.405. The van der Waals surface area contributed by atoms with E-state index in [1.807, 2.05) is 0 Å². The molecule has 1 saturated carbocycles. The van der Waals surface area contributed by atoms with E-state index in [-0.39, 0.29) is 0 Å². The second kappa shape index (κ2) is 4.41. The third-order valence-corrected chi connectivity index (χ3v) is 3.95. The molecule has 1 N–H and O–H groups in total. The van der Waals surface area contributed by atoms with Crippen LogP contribution in [0.2, 0.25) is 0 Å². The van der Waals surface area contributed by atoms with E-state index in [0.717, 1.165) is 5.01 Å². The molecule has 0 spiro atoms. The van der Waals surface area contributed by atoms with Crippen molar-refractivity contribution in [2.75, 3.05) is 0 Å². The Labute approximate surface area is 89.0 Å².